The van der Waals surface area contributed by atoms with Crippen LogP contribution >= 0.6 is 7.82 Å². The van der Waals surface area contributed by atoms with Crippen LogP contribution in [0.5, 0.6) is 0 Å². The molecule has 0 saturated heterocycles. The number of carbonyl (C=O) groups is 3. The van der Waals surface area contributed by atoms with Crippen LogP contribution < -0.4 is 5.73 Å². The summed E-state index contributed by atoms with van der Waals surface area (Å²) in [5.74, 6) is -2.40. The van der Waals surface area contributed by atoms with E-state index in [2.05, 4.69) is 54.8 Å². The molecule has 0 radical (unpaired) electrons. The number of rotatable bonds is 38. The number of carboxylic acid groups (broad SMARTS) is 1. The normalized spacial score (nSPS) is 14.2. The number of ether oxygens (including phenoxy) is 2. The van der Waals surface area contributed by atoms with Crippen LogP contribution in [0.2, 0.25) is 0 Å². The van der Waals surface area contributed by atoms with Gasteiger partial charge >= 0.3 is 25.7 Å². The molecule has 308 valence electrons. The number of aliphatic carboxylic acids is 1. The van der Waals surface area contributed by atoms with Crippen molar-refractivity contribution in [2.24, 2.45) is 5.73 Å². The Morgan fingerprint density at radius 2 is 1.00 bits per heavy atom. The van der Waals surface area contributed by atoms with Crippen LogP contribution in [0, 0.1) is 0 Å². The van der Waals surface area contributed by atoms with Gasteiger partial charge < -0.3 is 25.2 Å². The molecule has 0 bridgehead atoms. The molecule has 0 aromatic heterocycles. The van der Waals surface area contributed by atoms with Gasteiger partial charge in [0, 0.05) is 12.8 Å². The summed E-state index contributed by atoms with van der Waals surface area (Å²) < 4.78 is 32.6. The van der Waals surface area contributed by atoms with Gasteiger partial charge in [0.1, 0.15) is 12.6 Å². The lowest BCUT2D eigenvalue weighted by Gasteiger charge is -2.20. The first-order chi connectivity index (χ1) is 25.6. The zero-order valence-corrected chi connectivity index (χ0v) is 34.0. The van der Waals surface area contributed by atoms with E-state index in [-0.39, 0.29) is 19.4 Å². The van der Waals surface area contributed by atoms with E-state index in [0.717, 1.165) is 64.2 Å². The van der Waals surface area contributed by atoms with Crippen molar-refractivity contribution in [1.29, 1.82) is 0 Å². The van der Waals surface area contributed by atoms with Gasteiger partial charge in [-0.05, 0) is 57.8 Å². The topological polar surface area (TPSA) is 172 Å². The summed E-state index contributed by atoms with van der Waals surface area (Å²) in [5.41, 5.74) is 5.32. The van der Waals surface area contributed by atoms with Crippen molar-refractivity contribution in [3.05, 3.63) is 36.5 Å². The Labute approximate surface area is 321 Å². The molecular weight excluding hydrogens is 697 g/mol. The minimum atomic E-state index is -4.72. The van der Waals surface area contributed by atoms with E-state index in [1.807, 2.05) is 0 Å². The SMILES string of the molecule is CCCC/C=C/C/C=C/CCCCCCCC(=O)O[C@H](COC(=O)CCCCCCCCCCC/C=C/CCCC)COP(=O)(O)OC[C@H](N)C(=O)O. The zero-order chi connectivity index (χ0) is 39.3. The molecule has 0 aliphatic carbocycles. The van der Waals surface area contributed by atoms with Gasteiger partial charge in [-0.2, -0.15) is 0 Å². The van der Waals surface area contributed by atoms with Gasteiger partial charge in [-0.25, -0.2) is 4.57 Å². The van der Waals surface area contributed by atoms with Gasteiger partial charge in [-0.1, -0.05) is 140 Å². The summed E-state index contributed by atoms with van der Waals surface area (Å²) in [6.45, 7) is 2.71. The molecule has 12 heteroatoms. The fourth-order valence-corrected chi connectivity index (χ4v) is 6.07. The Morgan fingerprint density at radius 1 is 0.585 bits per heavy atom. The largest absolute Gasteiger partial charge is 0.480 e. The molecule has 3 atom stereocenters. The summed E-state index contributed by atoms with van der Waals surface area (Å²) >= 11 is 0. The van der Waals surface area contributed by atoms with Gasteiger partial charge in [0.15, 0.2) is 6.10 Å². The molecule has 4 N–H and O–H groups in total. The fraction of sp³-hybridized carbons (Fsp3) is 0.780. The molecule has 0 amide bonds. The van der Waals surface area contributed by atoms with Crippen molar-refractivity contribution in [3.8, 4) is 0 Å². The number of allylic oxidation sites excluding steroid dienone is 6. The molecule has 53 heavy (non-hydrogen) atoms. The predicted octanol–water partition coefficient (Wildman–Crippen LogP) is 10.4. The van der Waals surface area contributed by atoms with E-state index in [9.17, 15) is 23.8 Å². The number of unbranched alkanes of at least 4 members (excludes halogenated alkanes) is 18. The molecule has 0 spiro atoms. The number of phosphoric ester groups is 1. The molecule has 1 unspecified atom stereocenters. The van der Waals surface area contributed by atoms with Crippen LogP contribution in [0.25, 0.3) is 0 Å². The zero-order valence-electron chi connectivity index (χ0n) is 33.1. The van der Waals surface area contributed by atoms with E-state index in [4.69, 9.17) is 24.8 Å². The Balaban J connectivity index is 4.41. The highest BCUT2D eigenvalue weighted by Crippen LogP contribution is 2.43. The van der Waals surface area contributed by atoms with Crippen LogP contribution in [0.15, 0.2) is 36.5 Å². The number of hydrogen-bond acceptors (Lipinski definition) is 9. The molecule has 0 fully saturated rings. The van der Waals surface area contributed by atoms with E-state index < -0.39 is 51.1 Å². The van der Waals surface area contributed by atoms with Crippen LogP contribution in [0.1, 0.15) is 174 Å². The first kappa shape index (κ1) is 50.7. The van der Waals surface area contributed by atoms with E-state index in [0.29, 0.717) is 12.8 Å². The van der Waals surface area contributed by atoms with Crippen molar-refractivity contribution < 1.29 is 47.5 Å². The average molecular weight is 772 g/mol. The lowest BCUT2D eigenvalue weighted by molar-refractivity contribution is -0.161. The van der Waals surface area contributed by atoms with Crippen LogP contribution in [-0.4, -0.2) is 59.9 Å². The second-order valence-electron chi connectivity index (χ2n) is 13.8. The third-order valence-corrected chi connectivity index (χ3v) is 9.56. The molecule has 0 rings (SSSR count). The van der Waals surface area contributed by atoms with Crippen molar-refractivity contribution in [2.45, 2.75) is 187 Å². The Morgan fingerprint density at radius 3 is 1.49 bits per heavy atom. The van der Waals surface area contributed by atoms with Crippen molar-refractivity contribution in [1.82, 2.24) is 0 Å². The van der Waals surface area contributed by atoms with Gasteiger partial charge in [-0.15, -0.1) is 0 Å². The number of phosphoric acid groups is 1. The molecule has 0 aromatic carbocycles. The summed E-state index contributed by atoms with van der Waals surface area (Å²) in [6, 6.07) is -1.52. The monoisotopic (exact) mass is 772 g/mol. The van der Waals surface area contributed by atoms with Gasteiger partial charge in [-0.3, -0.25) is 23.4 Å². The van der Waals surface area contributed by atoms with Gasteiger partial charge in [0.2, 0.25) is 0 Å². The smallest absolute Gasteiger partial charge is 0.472 e. The highest BCUT2D eigenvalue weighted by atomic mass is 31.2. The van der Waals surface area contributed by atoms with E-state index >= 15 is 0 Å². The molecule has 11 nitrogen and oxygen atoms in total. The third-order valence-electron chi connectivity index (χ3n) is 8.61. The second-order valence-corrected chi connectivity index (χ2v) is 15.2. The standard InChI is InChI=1S/C41H74NO10P/c1-3-5-7-9-11-13-15-17-19-21-22-24-26-28-30-32-39(43)49-34-37(35-50-53(47,48)51-36-38(42)41(45)46)52-40(44)33-31-29-27-25-23-20-18-16-14-12-10-8-6-4-2/h9-12,16,18,37-38H,3-8,13-15,17,19-36,42H2,1-2H3,(H,45,46)(H,47,48)/b11-9+,12-10+,18-16+/t37-,38+/m1/s1. The molecule has 0 aliphatic rings. The van der Waals surface area contributed by atoms with Gasteiger partial charge in [0.25, 0.3) is 0 Å². The van der Waals surface area contributed by atoms with Crippen LogP contribution in [-0.2, 0) is 37.5 Å². The maximum Gasteiger partial charge on any atom is 0.472 e. The highest BCUT2D eigenvalue weighted by Gasteiger charge is 2.28. The molecule has 0 aliphatic heterocycles. The first-order valence-electron chi connectivity index (χ1n) is 20.5. The number of carboxylic acids is 1. The van der Waals surface area contributed by atoms with Crippen LogP contribution in [0.4, 0.5) is 0 Å². The lowest BCUT2D eigenvalue weighted by atomic mass is 10.1. The first-order valence-corrected chi connectivity index (χ1v) is 22.0. The summed E-state index contributed by atoms with van der Waals surface area (Å²) in [7, 11) is -4.72. The number of carbonyl (C=O) groups excluding carboxylic acids is 2. The van der Waals surface area contributed by atoms with Crippen LogP contribution in [0.3, 0.4) is 0 Å². The second kappa shape index (κ2) is 36.7. The van der Waals surface area contributed by atoms with E-state index in [1.165, 1.54) is 70.6 Å². The quantitative estimate of drug-likeness (QED) is 0.0236. The van der Waals surface area contributed by atoms with Gasteiger partial charge in [0.05, 0.1) is 13.2 Å². The maximum atomic E-state index is 12.6. The molecular formula is C41H74NO10P. The van der Waals surface area contributed by atoms with Crippen molar-refractivity contribution in [3.63, 3.8) is 0 Å². The van der Waals surface area contributed by atoms with E-state index in [1.54, 1.807) is 0 Å². The maximum absolute atomic E-state index is 12.6. The Bertz CT molecular complexity index is 1050. The third kappa shape index (κ3) is 36.4. The summed E-state index contributed by atoms with van der Waals surface area (Å²) in [4.78, 5) is 45.8. The summed E-state index contributed by atoms with van der Waals surface area (Å²) in [5, 5.41) is 8.87. The Hall–Kier alpha value is -2.30. The van der Waals surface area contributed by atoms with Crippen molar-refractivity contribution in [2.75, 3.05) is 19.8 Å². The summed E-state index contributed by atoms with van der Waals surface area (Å²) in [6.07, 6.45) is 37.8. The fourth-order valence-electron chi connectivity index (χ4n) is 5.30. The lowest BCUT2D eigenvalue weighted by Crippen LogP contribution is -2.34. The molecule has 0 aromatic rings. The Kier molecular flexibility index (Phi) is 35.1. The predicted molar refractivity (Wildman–Crippen MR) is 212 cm³/mol. The minimum absolute atomic E-state index is 0.145. The molecule has 0 heterocycles. The number of esters is 2. The number of nitrogens with two attached hydrogens (primary N) is 1. The van der Waals surface area contributed by atoms with Crippen molar-refractivity contribution >= 4 is 25.7 Å². The molecule has 0 saturated carbocycles. The minimum Gasteiger partial charge on any atom is -0.480 e. The number of hydrogen-bond donors (Lipinski definition) is 3. The highest BCUT2D eigenvalue weighted by molar-refractivity contribution is 7.47. The average Bonchev–Trinajstić information content (AvgIpc) is 3.13.